The van der Waals surface area contributed by atoms with Crippen LogP contribution in [0.25, 0.3) is 0 Å². The predicted molar refractivity (Wildman–Crippen MR) is 88.0 cm³/mol. The van der Waals surface area contributed by atoms with E-state index in [1.807, 2.05) is 12.3 Å². The van der Waals surface area contributed by atoms with E-state index < -0.39 is 0 Å². The Kier molecular flexibility index (Phi) is 4.84. The molecule has 1 saturated heterocycles. The molecule has 0 N–H and O–H groups in total. The van der Waals surface area contributed by atoms with Gasteiger partial charge in [-0.05, 0) is 21.5 Å². The van der Waals surface area contributed by atoms with Gasteiger partial charge in [0.05, 0.1) is 11.6 Å². The standard InChI is InChI=1S/C15H18BrN5O/c1-22-14-3-2-12(8-17-14)11-20-4-6-21(7-5-20)15-18-9-13(16)10-19-15/h2-3,8-10H,4-7,11H2,1H3. The maximum atomic E-state index is 5.08. The molecule has 0 aromatic carbocycles. The van der Waals surface area contributed by atoms with Crippen LogP contribution in [-0.4, -0.2) is 53.1 Å². The van der Waals surface area contributed by atoms with Gasteiger partial charge in [0.25, 0.3) is 0 Å². The molecule has 2 aromatic rings. The van der Waals surface area contributed by atoms with Gasteiger partial charge in [0.1, 0.15) is 0 Å². The second-order valence-corrected chi connectivity index (χ2v) is 6.09. The van der Waals surface area contributed by atoms with Gasteiger partial charge in [-0.3, -0.25) is 4.90 Å². The van der Waals surface area contributed by atoms with Crippen LogP contribution in [0.4, 0.5) is 5.95 Å². The number of nitrogens with zero attached hydrogens (tertiary/aromatic N) is 5. The summed E-state index contributed by atoms with van der Waals surface area (Å²) >= 11 is 3.36. The third-order valence-electron chi connectivity index (χ3n) is 3.67. The summed E-state index contributed by atoms with van der Waals surface area (Å²) in [5, 5.41) is 0. The molecule has 2 aromatic heterocycles. The quantitative estimate of drug-likeness (QED) is 0.827. The number of anilines is 1. The fraction of sp³-hybridized carbons (Fsp3) is 0.400. The van der Waals surface area contributed by atoms with Gasteiger partial charge in [0.2, 0.25) is 11.8 Å². The molecule has 3 rings (SSSR count). The smallest absolute Gasteiger partial charge is 0.225 e. The highest BCUT2D eigenvalue weighted by molar-refractivity contribution is 9.10. The summed E-state index contributed by atoms with van der Waals surface area (Å²) in [5.74, 6) is 1.45. The summed E-state index contributed by atoms with van der Waals surface area (Å²) in [7, 11) is 1.63. The largest absolute Gasteiger partial charge is 0.481 e. The normalized spacial score (nSPS) is 15.8. The maximum absolute atomic E-state index is 5.08. The van der Waals surface area contributed by atoms with Crippen molar-refractivity contribution in [2.75, 3.05) is 38.2 Å². The number of hydrogen-bond acceptors (Lipinski definition) is 6. The van der Waals surface area contributed by atoms with E-state index in [4.69, 9.17) is 4.74 Å². The highest BCUT2D eigenvalue weighted by Gasteiger charge is 2.19. The summed E-state index contributed by atoms with van der Waals surface area (Å²) in [6.45, 7) is 4.76. The predicted octanol–water partition coefficient (Wildman–Crippen LogP) is 1.96. The third kappa shape index (κ3) is 3.72. The monoisotopic (exact) mass is 363 g/mol. The molecule has 116 valence electrons. The van der Waals surface area contributed by atoms with E-state index in [0.717, 1.165) is 43.1 Å². The van der Waals surface area contributed by atoms with E-state index in [9.17, 15) is 0 Å². The number of hydrogen-bond donors (Lipinski definition) is 0. The van der Waals surface area contributed by atoms with Gasteiger partial charge in [-0.2, -0.15) is 0 Å². The zero-order valence-corrected chi connectivity index (χ0v) is 14.0. The van der Waals surface area contributed by atoms with E-state index in [1.54, 1.807) is 19.5 Å². The Labute approximate surface area is 138 Å². The molecule has 0 saturated carbocycles. The molecule has 1 fully saturated rings. The zero-order valence-electron chi connectivity index (χ0n) is 12.4. The van der Waals surface area contributed by atoms with Gasteiger partial charge in [0, 0.05) is 57.4 Å². The Hall–Kier alpha value is -1.73. The maximum Gasteiger partial charge on any atom is 0.225 e. The fourth-order valence-electron chi connectivity index (χ4n) is 2.46. The number of aromatic nitrogens is 3. The topological polar surface area (TPSA) is 54.4 Å². The summed E-state index contributed by atoms with van der Waals surface area (Å²) in [5.41, 5.74) is 1.20. The van der Waals surface area contributed by atoms with Crippen molar-refractivity contribution in [1.29, 1.82) is 0 Å². The first-order chi connectivity index (χ1) is 10.7. The molecule has 1 aliphatic heterocycles. The molecule has 0 bridgehead atoms. The fourth-order valence-corrected chi connectivity index (χ4v) is 2.66. The zero-order chi connectivity index (χ0) is 15.4. The number of pyridine rings is 1. The van der Waals surface area contributed by atoms with Crippen molar-refractivity contribution in [3.63, 3.8) is 0 Å². The molecule has 6 nitrogen and oxygen atoms in total. The Morgan fingerprint density at radius 3 is 2.36 bits per heavy atom. The van der Waals surface area contributed by atoms with Crippen LogP contribution in [0.5, 0.6) is 5.88 Å². The van der Waals surface area contributed by atoms with Gasteiger partial charge >= 0.3 is 0 Å². The van der Waals surface area contributed by atoms with Crippen LogP contribution in [0, 0.1) is 0 Å². The van der Waals surface area contributed by atoms with E-state index >= 15 is 0 Å². The molecule has 0 amide bonds. The lowest BCUT2D eigenvalue weighted by Crippen LogP contribution is -2.46. The van der Waals surface area contributed by atoms with Crippen molar-refractivity contribution >= 4 is 21.9 Å². The Bertz CT molecular complexity index is 596. The molecule has 0 atom stereocenters. The van der Waals surface area contributed by atoms with Gasteiger partial charge in [-0.15, -0.1) is 0 Å². The average Bonchev–Trinajstić information content (AvgIpc) is 2.57. The van der Waals surface area contributed by atoms with Crippen LogP contribution in [0.2, 0.25) is 0 Å². The van der Waals surface area contributed by atoms with Crippen LogP contribution in [0.15, 0.2) is 35.2 Å². The van der Waals surface area contributed by atoms with Gasteiger partial charge in [-0.25, -0.2) is 15.0 Å². The van der Waals surface area contributed by atoms with Crippen LogP contribution in [0.1, 0.15) is 5.56 Å². The molecule has 7 heteroatoms. The van der Waals surface area contributed by atoms with Crippen LogP contribution < -0.4 is 9.64 Å². The van der Waals surface area contributed by atoms with Crippen molar-refractivity contribution < 1.29 is 4.74 Å². The molecule has 0 radical (unpaired) electrons. The Balaban J connectivity index is 1.53. The lowest BCUT2D eigenvalue weighted by atomic mass is 10.2. The van der Waals surface area contributed by atoms with Crippen molar-refractivity contribution in [3.05, 3.63) is 40.8 Å². The SMILES string of the molecule is COc1ccc(CN2CCN(c3ncc(Br)cn3)CC2)cn1. The van der Waals surface area contributed by atoms with Crippen molar-refractivity contribution in [3.8, 4) is 5.88 Å². The minimum atomic E-state index is 0.654. The molecule has 1 aliphatic rings. The van der Waals surface area contributed by atoms with Crippen molar-refractivity contribution in [1.82, 2.24) is 19.9 Å². The molecule has 0 aliphatic carbocycles. The molecular weight excluding hydrogens is 346 g/mol. The molecular formula is C15H18BrN5O. The second-order valence-electron chi connectivity index (χ2n) is 5.17. The summed E-state index contributed by atoms with van der Waals surface area (Å²) in [6.07, 6.45) is 5.46. The Morgan fingerprint density at radius 1 is 1.05 bits per heavy atom. The van der Waals surface area contributed by atoms with Crippen molar-refractivity contribution in [2.45, 2.75) is 6.54 Å². The third-order valence-corrected chi connectivity index (χ3v) is 4.08. The summed E-state index contributed by atoms with van der Waals surface area (Å²) < 4.78 is 5.99. The Morgan fingerprint density at radius 2 is 1.77 bits per heavy atom. The molecule has 0 unspecified atom stereocenters. The van der Waals surface area contributed by atoms with Crippen LogP contribution >= 0.6 is 15.9 Å². The first-order valence-corrected chi connectivity index (χ1v) is 7.97. The summed E-state index contributed by atoms with van der Waals surface area (Å²) in [4.78, 5) is 17.6. The van der Waals surface area contributed by atoms with Crippen molar-refractivity contribution in [2.24, 2.45) is 0 Å². The minimum absolute atomic E-state index is 0.654. The first-order valence-electron chi connectivity index (χ1n) is 7.18. The summed E-state index contributed by atoms with van der Waals surface area (Å²) in [6, 6.07) is 3.97. The number of rotatable bonds is 4. The van der Waals surface area contributed by atoms with E-state index in [2.05, 4.69) is 46.7 Å². The van der Waals surface area contributed by atoms with E-state index in [0.29, 0.717) is 5.88 Å². The van der Waals surface area contributed by atoms with Crippen LogP contribution in [-0.2, 0) is 6.54 Å². The minimum Gasteiger partial charge on any atom is -0.481 e. The average molecular weight is 364 g/mol. The highest BCUT2D eigenvalue weighted by atomic mass is 79.9. The molecule has 22 heavy (non-hydrogen) atoms. The molecule has 3 heterocycles. The van der Waals surface area contributed by atoms with Gasteiger partial charge < -0.3 is 9.64 Å². The lowest BCUT2D eigenvalue weighted by Gasteiger charge is -2.34. The second kappa shape index (κ2) is 7.02. The molecule has 0 spiro atoms. The number of ether oxygens (including phenoxy) is 1. The number of halogens is 1. The van der Waals surface area contributed by atoms with Gasteiger partial charge in [0.15, 0.2) is 0 Å². The van der Waals surface area contributed by atoms with Crippen LogP contribution in [0.3, 0.4) is 0 Å². The first kappa shape index (κ1) is 15.2. The number of piperazine rings is 1. The van der Waals surface area contributed by atoms with Gasteiger partial charge in [-0.1, -0.05) is 6.07 Å². The van der Waals surface area contributed by atoms with E-state index in [1.165, 1.54) is 5.56 Å². The highest BCUT2D eigenvalue weighted by Crippen LogP contribution is 2.15. The number of methoxy groups -OCH3 is 1. The lowest BCUT2D eigenvalue weighted by molar-refractivity contribution is 0.248. The van der Waals surface area contributed by atoms with E-state index in [-0.39, 0.29) is 0 Å².